The molecule has 0 spiro atoms. The lowest BCUT2D eigenvalue weighted by Gasteiger charge is -2.35. The van der Waals surface area contributed by atoms with Crippen LogP contribution >= 0.6 is 0 Å². The van der Waals surface area contributed by atoms with Crippen molar-refractivity contribution in [3.05, 3.63) is 42.0 Å². The number of nitrogens with one attached hydrogen (secondary N) is 1. The van der Waals surface area contributed by atoms with Gasteiger partial charge in [-0.3, -0.25) is 9.59 Å². The normalized spacial score (nSPS) is 14.0. The average Bonchev–Trinajstić information content (AvgIpc) is 3.09. The number of aliphatic hydroxyl groups is 1. The Balaban J connectivity index is 3.06. The molecule has 10 nitrogen and oxygen atoms in total. The van der Waals surface area contributed by atoms with E-state index < -0.39 is 41.0 Å². The Morgan fingerprint density at radius 2 is 1.43 bits per heavy atom. The first kappa shape index (κ1) is 45.8. The summed E-state index contributed by atoms with van der Waals surface area (Å²) >= 11 is 0. The Morgan fingerprint density at radius 3 is 2.00 bits per heavy atom. The summed E-state index contributed by atoms with van der Waals surface area (Å²) in [4.78, 5) is 52.6. The quantitative estimate of drug-likeness (QED) is 0.0510. The fourth-order valence-electron chi connectivity index (χ4n) is 5.58. The van der Waals surface area contributed by atoms with Crippen LogP contribution in [0.3, 0.4) is 0 Å². The molecular weight excluding hydrogens is 650 g/mol. The summed E-state index contributed by atoms with van der Waals surface area (Å²) in [5.41, 5.74) is -2.45. The summed E-state index contributed by atoms with van der Waals surface area (Å²) in [7, 11) is 2.68. The van der Waals surface area contributed by atoms with Crippen molar-refractivity contribution >= 4 is 23.6 Å². The SMILES string of the molecule is CCCCCCCC(=O)CCCCCCC=CC(C(=O)N[C@@H](Cc1ccc(OCCCC)cc1)C(=O)OC)C(O)(CCOC)C(=O)OC(C)(C)C. The smallest absolute Gasteiger partial charge is 0.339 e. The number of hydrogen-bond acceptors (Lipinski definition) is 9. The molecule has 0 bridgehead atoms. The van der Waals surface area contributed by atoms with Gasteiger partial charge in [-0.05, 0) is 70.6 Å². The number of carbonyl (C=O) groups is 4. The van der Waals surface area contributed by atoms with Crippen molar-refractivity contribution in [2.24, 2.45) is 5.92 Å². The van der Waals surface area contributed by atoms with Gasteiger partial charge in [-0.2, -0.15) is 0 Å². The molecule has 290 valence electrons. The number of methoxy groups -OCH3 is 2. The number of amides is 1. The lowest BCUT2D eigenvalue weighted by Crippen LogP contribution is -2.56. The fourth-order valence-corrected chi connectivity index (χ4v) is 5.58. The summed E-state index contributed by atoms with van der Waals surface area (Å²) in [6.07, 6.45) is 16.2. The first-order chi connectivity index (χ1) is 24.3. The van der Waals surface area contributed by atoms with Crippen LogP contribution in [-0.4, -0.2) is 73.4 Å². The number of allylic oxidation sites excluding steroid dienone is 1. The molecule has 0 aliphatic carbocycles. The third-order valence-electron chi connectivity index (χ3n) is 8.63. The fraction of sp³-hybridized carbons (Fsp3) is 0.707. The van der Waals surface area contributed by atoms with Crippen molar-refractivity contribution < 1.29 is 43.2 Å². The number of Topliss-reactive ketones (excluding diaryl/α,β-unsaturated/α-hetero) is 1. The highest BCUT2D eigenvalue weighted by Crippen LogP contribution is 2.29. The molecule has 2 N–H and O–H groups in total. The van der Waals surface area contributed by atoms with E-state index in [1.54, 1.807) is 26.8 Å². The molecule has 0 aromatic heterocycles. The molecule has 0 aliphatic rings. The van der Waals surface area contributed by atoms with Gasteiger partial charge in [0.05, 0.1) is 19.6 Å². The van der Waals surface area contributed by atoms with E-state index in [1.165, 1.54) is 39.6 Å². The van der Waals surface area contributed by atoms with Gasteiger partial charge in [0.15, 0.2) is 5.60 Å². The van der Waals surface area contributed by atoms with E-state index in [1.807, 2.05) is 24.3 Å². The molecule has 0 fully saturated rings. The van der Waals surface area contributed by atoms with Crippen LogP contribution in [0.5, 0.6) is 5.75 Å². The Morgan fingerprint density at radius 1 is 0.824 bits per heavy atom. The molecular formula is C41H67NO9. The van der Waals surface area contributed by atoms with E-state index >= 15 is 0 Å². The minimum Gasteiger partial charge on any atom is -0.494 e. The number of unbranched alkanes of at least 4 members (excludes halogenated alkanes) is 9. The number of hydrogen-bond donors (Lipinski definition) is 2. The van der Waals surface area contributed by atoms with Crippen molar-refractivity contribution in [2.75, 3.05) is 27.4 Å². The summed E-state index contributed by atoms with van der Waals surface area (Å²) in [5.74, 6) is -2.70. The Labute approximate surface area is 307 Å². The number of ether oxygens (including phenoxy) is 4. The molecule has 1 amide bonds. The number of rotatable bonds is 28. The van der Waals surface area contributed by atoms with Crippen LogP contribution in [0.1, 0.15) is 136 Å². The van der Waals surface area contributed by atoms with Gasteiger partial charge in [0.25, 0.3) is 0 Å². The number of ketones is 1. The van der Waals surface area contributed by atoms with Crippen LogP contribution in [0.2, 0.25) is 0 Å². The molecule has 3 atom stereocenters. The second-order valence-electron chi connectivity index (χ2n) is 14.4. The van der Waals surface area contributed by atoms with Gasteiger partial charge in [0, 0.05) is 39.4 Å². The van der Waals surface area contributed by atoms with Gasteiger partial charge < -0.3 is 29.4 Å². The first-order valence-corrected chi connectivity index (χ1v) is 19.0. The molecule has 10 heteroatoms. The highest BCUT2D eigenvalue weighted by molar-refractivity contribution is 5.93. The second-order valence-corrected chi connectivity index (χ2v) is 14.4. The maximum atomic E-state index is 14.0. The summed E-state index contributed by atoms with van der Waals surface area (Å²) in [5, 5.41) is 14.7. The number of esters is 2. The van der Waals surface area contributed by atoms with E-state index in [0.29, 0.717) is 37.4 Å². The zero-order chi connectivity index (χ0) is 38.1. The molecule has 51 heavy (non-hydrogen) atoms. The van der Waals surface area contributed by atoms with Crippen LogP contribution in [-0.2, 0) is 39.8 Å². The predicted octanol–water partition coefficient (Wildman–Crippen LogP) is 7.62. The van der Waals surface area contributed by atoms with Gasteiger partial charge >= 0.3 is 11.9 Å². The van der Waals surface area contributed by atoms with E-state index in [9.17, 15) is 24.3 Å². The van der Waals surface area contributed by atoms with Gasteiger partial charge in [-0.25, -0.2) is 9.59 Å². The van der Waals surface area contributed by atoms with Crippen LogP contribution in [0.4, 0.5) is 0 Å². The van der Waals surface area contributed by atoms with Crippen LogP contribution < -0.4 is 10.1 Å². The molecule has 0 heterocycles. The largest absolute Gasteiger partial charge is 0.494 e. The van der Waals surface area contributed by atoms with E-state index in [-0.39, 0.29) is 19.4 Å². The van der Waals surface area contributed by atoms with Gasteiger partial charge in [0.1, 0.15) is 23.2 Å². The van der Waals surface area contributed by atoms with Crippen molar-refractivity contribution in [3.8, 4) is 5.75 Å². The maximum absolute atomic E-state index is 14.0. The van der Waals surface area contributed by atoms with Crippen molar-refractivity contribution in [2.45, 2.75) is 155 Å². The standard InChI is InChI=1S/C41H67NO9/c1-8-10-12-15-18-21-33(43)22-19-16-13-14-17-20-23-35(41(47,28-30-48-6)39(46)51-40(3,4)5)37(44)42-36(38(45)49-7)31-32-24-26-34(27-25-32)50-29-11-9-2/h20,23-27,35-36,47H,8-19,21-22,28-31H2,1-7H3,(H,42,44)/t35?,36-,41?/m0/s1. The lowest BCUT2D eigenvalue weighted by molar-refractivity contribution is -0.185. The second kappa shape index (κ2) is 25.7. The van der Waals surface area contributed by atoms with Crippen molar-refractivity contribution in [1.82, 2.24) is 5.32 Å². The molecule has 0 aliphatic heterocycles. The highest BCUT2D eigenvalue weighted by Gasteiger charge is 2.49. The summed E-state index contributed by atoms with van der Waals surface area (Å²) < 4.78 is 21.6. The van der Waals surface area contributed by atoms with Crippen molar-refractivity contribution in [3.63, 3.8) is 0 Å². The third kappa shape index (κ3) is 19.3. The molecule has 0 saturated carbocycles. The zero-order valence-corrected chi connectivity index (χ0v) is 32.6. The predicted molar refractivity (Wildman–Crippen MR) is 200 cm³/mol. The molecule has 1 aromatic carbocycles. The molecule has 1 aromatic rings. The number of carbonyl (C=O) groups excluding carboxylic acids is 4. The van der Waals surface area contributed by atoms with Crippen LogP contribution in [0, 0.1) is 5.92 Å². The maximum Gasteiger partial charge on any atom is 0.339 e. The van der Waals surface area contributed by atoms with Gasteiger partial charge in [-0.1, -0.05) is 83.1 Å². The van der Waals surface area contributed by atoms with Crippen LogP contribution in [0.15, 0.2) is 36.4 Å². The van der Waals surface area contributed by atoms with Crippen molar-refractivity contribution in [1.29, 1.82) is 0 Å². The summed E-state index contributed by atoms with van der Waals surface area (Å²) in [6.45, 7) is 9.90. The Hall–Kier alpha value is -3.24. The van der Waals surface area contributed by atoms with Crippen LogP contribution in [0.25, 0.3) is 0 Å². The first-order valence-electron chi connectivity index (χ1n) is 19.0. The minimum atomic E-state index is -2.28. The van der Waals surface area contributed by atoms with E-state index in [4.69, 9.17) is 18.9 Å². The molecule has 2 unspecified atom stereocenters. The summed E-state index contributed by atoms with van der Waals surface area (Å²) in [6, 6.07) is 6.18. The van der Waals surface area contributed by atoms with Gasteiger partial charge in [-0.15, -0.1) is 0 Å². The van der Waals surface area contributed by atoms with E-state index in [2.05, 4.69) is 19.2 Å². The minimum absolute atomic E-state index is 0.0159. The average molecular weight is 718 g/mol. The lowest BCUT2D eigenvalue weighted by atomic mass is 9.82. The topological polar surface area (TPSA) is 137 Å². The highest BCUT2D eigenvalue weighted by atomic mass is 16.6. The molecule has 0 radical (unpaired) electrons. The Bertz CT molecular complexity index is 1170. The third-order valence-corrected chi connectivity index (χ3v) is 8.63. The monoisotopic (exact) mass is 717 g/mol. The van der Waals surface area contributed by atoms with E-state index in [0.717, 1.165) is 56.9 Å². The zero-order valence-electron chi connectivity index (χ0n) is 32.6. The van der Waals surface area contributed by atoms with Gasteiger partial charge in [0.2, 0.25) is 5.91 Å². The number of benzene rings is 1. The Kier molecular flexibility index (Phi) is 23.0. The molecule has 1 rings (SSSR count). The molecule has 0 saturated heterocycles.